The number of amides is 3. The Labute approximate surface area is 179 Å². The number of ether oxygens (including phenoxy) is 1. The lowest BCUT2D eigenvalue weighted by Gasteiger charge is -2.39. The summed E-state index contributed by atoms with van der Waals surface area (Å²) in [5.74, 6) is 0.675. The zero-order chi connectivity index (χ0) is 21.7. The zero-order valence-electron chi connectivity index (χ0n) is 18.3. The van der Waals surface area contributed by atoms with Crippen molar-refractivity contribution in [1.82, 2.24) is 14.7 Å². The normalized spacial score (nSPS) is 22.0. The maximum Gasteiger partial charge on any atom is 0.260 e. The van der Waals surface area contributed by atoms with Crippen molar-refractivity contribution in [3.8, 4) is 5.75 Å². The summed E-state index contributed by atoms with van der Waals surface area (Å²) in [7, 11) is 0. The van der Waals surface area contributed by atoms with E-state index in [9.17, 15) is 14.4 Å². The molecule has 0 N–H and O–H groups in total. The lowest BCUT2D eigenvalue weighted by molar-refractivity contribution is -0.139. The first-order valence-corrected chi connectivity index (χ1v) is 11.0. The number of carbonyl (C=O) groups excluding carboxylic acids is 3. The molecule has 0 spiro atoms. The lowest BCUT2D eigenvalue weighted by atomic mass is 9.97. The molecule has 1 aromatic rings. The van der Waals surface area contributed by atoms with Gasteiger partial charge in [0, 0.05) is 50.2 Å². The molecule has 2 aliphatic rings. The summed E-state index contributed by atoms with van der Waals surface area (Å²) >= 11 is 0. The molecule has 1 aromatic carbocycles. The molecule has 0 aromatic heterocycles. The molecule has 2 fully saturated rings. The monoisotopic (exact) mass is 415 g/mol. The van der Waals surface area contributed by atoms with Crippen LogP contribution in [0.3, 0.4) is 0 Å². The van der Waals surface area contributed by atoms with Gasteiger partial charge in [0.1, 0.15) is 5.75 Å². The highest BCUT2D eigenvalue weighted by molar-refractivity contribution is 5.94. The minimum absolute atomic E-state index is 0.00866. The van der Waals surface area contributed by atoms with E-state index < -0.39 is 0 Å². The van der Waals surface area contributed by atoms with E-state index in [2.05, 4.69) is 13.8 Å². The van der Waals surface area contributed by atoms with Crippen molar-refractivity contribution in [3.63, 3.8) is 0 Å². The van der Waals surface area contributed by atoms with Crippen LogP contribution in [0, 0.1) is 0 Å². The van der Waals surface area contributed by atoms with Gasteiger partial charge in [-0.3, -0.25) is 14.4 Å². The van der Waals surface area contributed by atoms with E-state index in [1.165, 1.54) is 0 Å². The van der Waals surface area contributed by atoms with Crippen molar-refractivity contribution in [3.05, 3.63) is 29.8 Å². The first kappa shape index (κ1) is 22.1. The Morgan fingerprint density at radius 1 is 0.900 bits per heavy atom. The van der Waals surface area contributed by atoms with E-state index >= 15 is 0 Å². The van der Waals surface area contributed by atoms with Crippen molar-refractivity contribution in [2.45, 2.75) is 58.5 Å². The molecule has 0 bridgehead atoms. The first-order chi connectivity index (χ1) is 14.4. The van der Waals surface area contributed by atoms with Gasteiger partial charge in [-0.05, 0) is 57.4 Å². The van der Waals surface area contributed by atoms with Gasteiger partial charge in [0.25, 0.3) is 11.8 Å². The van der Waals surface area contributed by atoms with E-state index in [1.54, 1.807) is 29.2 Å². The third-order valence-electron chi connectivity index (χ3n) is 6.17. The maximum absolute atomic E-state index is 12.7. The van der Waals surface area contributed by atoms with Crippen molar-refractivity contribution >= 4 is 17.7 Å². The van der Waals surface area contributed by atoms with Crippen molar-refractivity contribution < 1.29 is 19.1 Å². The van der Waals surface area contributed by atoms with E-state index in [0.717, 1.165) is 19.3 Å². The van der Waals surface area contributed by atoms with Gasteiger partial charge >= 0.3 is 0 Å². The fraction of sp³-hybridized carbons (Fsp3) is 0.609. The van der Waals surface area contributed by atoms with Crippen LogP contribution in [0.25, 0.3) is 0 Å². The van der Waals surface area contributed by atoms with Crippen LogP contribution in [0.15, 0.2) is 24.3 Å². The minimum atomic E-state index is -0.0443. The second-order valence-corrected chi connectivity index (χ2v) is 8.27. The fourth-order valence-electron chi connectivity index (χ4n) is 4.39. The highest BCUT2D eigenvalue weighted by Crippen LogP contribution is 2.23. The summed E-state index contributed by atoms with van der Waals surface area (Å²) in [5.41, 5.74) is 0.585. The summed E-state index contributed by atoms with van der Waals surface area (Å²) in [4.78, 5) is 42.6. The zero-order valence-corrected chi connectivity index (χ0v) is 18.3. The van der Waals surface area contributed by atoms with Gasteiger partial charge in [0.15, 0.2) is 6.61 Å². The molecule has 2 atom stereocenters. The number of hydrogen-bond acceptors (Lipinski definition) is 4. The average molecular weight is 416 g/mol. The van der Waals surface area contributed by atoms with Crippen LogP contribution in [0.5, 0.6) is 5.75 Å². The van der Waals surface area contributed by atoms with Crippen LogP contribution >= 0.6 is 0 Å². The topological polar surface area (TPSA) is 70.2 Å². The largest absolute Gasteiger partial charge is 0.484 e. The van der Waals surface area contributed by atoms with E-state index in [0.29, 0.717) is 43.9 Å². The third-order valence-corrected chi connectivity index (χ3v) is 6.17. The first-order valence-electron chi connectivity index (χ1n) is 11.0. The highest BCUT2D eigenvalue weighted by Gasteiger charge is 2.29. The molecule has 0 aliphatic carbocycles. The molecule has 2 heterocycles. The molecule has 164 valence electrons. The lowest BCUT2D eigenvalue weighted by Crippen LogP contribution is -2.50. The molecule has 2 aliphatic heterocycles. The molecule has 2 unspecified atom stereocenters. The van der Waals surface area contributed by atoms with E-state index in [-0.39, 0.29) is 36.4 Å². The summed E-state index contributed by atoms with van der Waals surface area (Å²) in [6, 6.07) is 7.44. The maximum atomic E-state index is 12.7. The number of benzene rings is 1. The Balaban J connectivity index is 1.50. The third kappa shape index (κ3) is 5.12. The van der Waals surface area contributed by atoms with E-state index in [1.807, 2.05) is 16.7 Å². The highest BCUT2D eigenvalue weighted by atomic mass is 16.5. The van der Waals surface area contributed by atoms with Crippen LogP contribution in [0.4, 0.5) is 0 Å². The van der Waals surface area contributed by atoms with Crippen molar-refractivity contribution in [2.24, 2.45) is 0 Å². The number of likely N-dealkylation sites (tertiary alicyclic amines) is 1. The smallest absolute Gasteiger partial charge is 0.260 e. The SMILES string of the molecule is CCC(=O)N1CCN(C(=O)c2ccc(OCC(=O)N3C(C)CCCC3C)cc2)CC1. The number of nitrogens with zero attached hydrogens (tertiary/aromatic N) is 3. The van der Waals surface area contributed by atoms with Crippen LogP contribution in [0.2, 0.25) is 0 Å². The van der Waals surface area contributed by atoms with Gasteiger partial charge in [0.2, 0.25) is 5.91 Å². The summed E-state index contributed by atoms with van der Waals surface area (Å²) in [6.07, 6.45) is 3.72. The fourth-order valence-corrected chi connectivity index (χ4v) is 4.39. The second-order valence-electron chi connectivity index (χ2n) is 8.27. The Hall–Kier alpha value is -2.57. The Bertz CT molecular complexity index is 746. The van der Waals surface area contributed by atoms with Gasteiger partial charge < -0.3 is 19.4 Å². The van der Waals surface area contributed by atoms with E-state index in [4.69, 9.17) is 4.74 Å². The Kier molecular flexibility index (Phi) is 7.34. The predicted molar refractivity (Wildman–Crippen MR) is 114 cm³/mol. The molecule has 30 heavy (non-hydrogen) atoms. The number of piperazine rings is 1. The van der Waals surface area contributed by atoms with Gasteiger partial charge in [0.05, 0.1) is 0 Å². The average Bonchev–Trinajstić information content (AvgIpc) is 2.77. The second kappa shape index (κ2) is 9.96. The number of carbonyl (C=O) groups is 3. The Morgan fingerprint density at radius 3 is 2.03 bits per heavy atom. The van der Waals surface area contributed by atoms with Gasteiger partial charge in [-0.25, -0.2) is 0 Å². The quantitative estimate of drug-likeness (QED) is 0.741. The number of rotatable bonds is 5. The van der Waals surface area contributed by atoms with Gasteiger partial charge in [-0.15, -0.1) is 0 Å². The predicted octanol–water partition coefficient (Wildman–Crippen LogP) is 2.55. The van der Waals surface area contributed by atoms with Crippen molar-refractivity contribution in [1.29, 1.82) is 0 Å². The van der Waals surface area contributed by atoms with Gasteiger partial charge in [-0.2, -0.15) is 0 Å². The molecule has 3 rings (SSSR count). The van der Waals surface area contributed by atoms with Crippen molar-refractivity contribution in [2.75, 3.05) is 32.8 Å². The number of piperidine rings is 1. The molecule has 3 amide bonds. The summed E-state index contributed by atoms with van der Waals surface area (Å²) in [6.45, 7) is 8.29. The summed E-state index contributed by atoms with van der Waals surface area (Å²) in [5, 5.41) is 0. The minimum Gasteiger partial charge on any atom is -0.484 e. The molecule has 0 saturated carbocycles. The Morgan fingerprint density at radius 2 is 1.47 bits per heavy atom. The van der Waals surface area contributed by atoms with Crippen LogP contribution in [0.1, 0.15) is 56.8 Å². The molecular formula is C23H33N3O4. The molecule has 2 saturated heterocycles. The molecule has 7 nitrogen and oxygen atoms in total. The number of hydrogen-bond donors (Lipinski definition) is 0. The van der Waals surface area contributed by atoms with Gasteiger partial charge in [-0.1, -0.05) is 6.92 Å². The molecule has 0 radical (unpaired) electrons. The molecular weight excluding hydrogens is 382 g/mol. The standard InChI is InChI=1S/C23H33N3O4/c1-4-21(27)24-12-14-25(15-13-24)23(29)19-8-10-20(11-9-19)30-16-22(28)26-17(2)6-5-7-18(26)3/h8-11,17-18H,4-7,12-16H2,1-3H3. The van der Waals surface area contributed by atoms with Crippen LogP contribution < -0.4 is 4.74 Å². The van der Waals surface area contributed by atoms with Crippen LogP contribution in [-0.4, -0.2) is 77.3 Å². The van der Waals surface area contributed by atoms with Crippen LogP contribution in [-0.2, 0) is 9.59 Å². The summed E-state index contributed by atoms with van der Waals surface area (Å²) < 4.78 is 5.69. The molecule has 7 heteroatoms.